The fourth-order valence-electron chi connectivity index (χ4n) is 3.36. The normalized spacial score (nSPS) is 20.5. The van der Waals surface area contributed by atoms with Gasteiger partial charge in [0.2, 0.25) is 0 Å². The Morgan fingerprint density at radius 3 is 2.76 bits per heavy atom. The minimum absolute atomic E-state index is 0.0709. The molecule has 0 bridgehead atoms. The molecule has 25 heavy (non-hydrogen) atoms. The van der Waals surface area contributed by atoms with Crippen LogP contribution in [0.4, 0.5) is 0 Å². The Kier molecular flexibility index (Phi) is 4.81. The number of carbonyl (C=O) groups excluding carboxylic acids is 1. The molecule has 1 saturated heterocycles. The van der Waals surface area contributed by atoms with E-state index in [1.54, 1.807) is 27.9 Å². The highest BCUT2D eigenvalue weighted by Crippen LogP contribution is 2.26. The summed E-state index contributed by atoms with van der Waals surface area (Å²) in [5, 5.41) is 14.1. The molecule has 1 aromatic heterocycles. The second-order valence-electron chi connectivity index (χ2n) is 6.50. The van der Waals surface area contributed by atoms with Gasteiger partial charge in [0.25, 0.3) is 5.91 Å². The van der Waals surface area contributed by atoms with E-state index in [0.717, 1.165) is 11.4 Å². The third-order valence-corrected chi connectivity index (χ3v) is 5.04. The van der Waals surface area contributed by atoms with Crippen LogP contribution in [0.1, 0.15) is 29.4 Å². The fraction of sp³-hybridized carbons (Fsp3) is 0.389. The SMILES string of the molecule is Cc1c(C(=O)N2CCC(C(=O)O)C(C)C2)cnn1-c1cccc(Cl)c1. The van der Waals surface area contributed by atoms with E-state index < -0.39 is 5.97 Å². The molecule has 7 heteroatoms. The van der Waals surface area contributed by atoms with Gasteiger partial charge in [0, 0.05) is 18.1 Å². The van der Waals surface area contributed by atoms with Crippen molar-refractivity contribution in [1.29, 1.82) is 0 Å². The summed E-state index contributed by atoms with van der Waals surface area (Å²) in [4.78, 5) is 25.8. The average molecular weight is 362 g/mol. The predicted octanol–water partition coefficient (Wildman–Crippen LogP) is 3.02. The lowest BCUT2D eigenvalue weighted by molar-refractivity contribution is -0.145. The molecule has 6 nitrogen and oxygen atoms in total. The summed E-state index contributed by atoms with van der Waals surface area (Å²) < 4.78 is 1.69. The van der Waals surface area contributed by atoms with Gasteiger partial charge in [-0.25, -0.2) is 4.68 Å². The second-order valence-corrected chi connectivity index (χ2v) is 6.93. The monoisotopic (exact) mass is 361 g/mol. The number of aliphatic carboxylic acids is 1. The van der Waals surface area contributed by atoms with Crippen molar-refractivity contribution in [2.45, 2.75) is 20.3 Å². The van der Waals surface area contributed by atoms with Gasteiger partial charge in [0.15, 0.2) is 0 Å². The van der Waals surface area contributed by atoms with Gasteiger partial charge in [-0.1, -0.05) is 24.6 Å². The molecule has 1 aliphatic rings. The zero-order chi connectivity index (χ0) is 18.1. The molecule has 2 heterocycles. The summed E-state index contributed by atoms with van der Waals surface area (Å²) in [6.45, 7) is 4.61. The number of hydrogen-bond donors (Lipinski definition) is 1. The lowest BCUT2D eigenvalue weighted by Gasteiger charge is -2.34. The molecular weight excluding hydrogens is 342 g/mol. The van der Waals surface area contributed by atoms with Gasteiger partial charge >= 0.3 is 5.97 Å². The molecule has 0 radical (unpaired) electrons. The number of nitrogens with zero attached hydrogens (tertiary/aromatic N) is 3. The summed E-state index contributed by atoms with van der Waals surface area (Å²) >= 11 is 6.03. The average Bonchev–Trinajstić information content (AvgIpc) is 2.95. The number of piperidine rings is 1. The van der Waals surface area contributed by atoms with Gasteiger partial charge in [-0.05, 0) is 37.5 Å². The van der Waals surface area contributed by atoms with Gasteiger partial charge in [0.1, 0.15) is 0 Å². The number of likely N-dealkylation sites (tertiary alicyclic amines) is 1. The molecule has 0 aliphatic carbocycles. The highest BCUT2D eigenvalue weighted by molar-refractivity contribution is 6.30. The zero-order valence-electron chi connectivity index (χ0n) is 14.1. The van der Waals surface area contributed by atoms with Gasteiger partial charge in [-0.3, -0.25) is 9.59 Å². The van der Waals surface area contributed by atoms with Crippen LogP contribution in [0, 0.1) is 18.8 Å². The van der Waals surface area contributed by atoms with Crippen LogP contribution in [-0.2, 0) is 4.79 Å². The molecule has 0 saturated carbocycles. The van der Waals surface area contributed by atoms with Gasteiger partial charge in [0.05, 0.1) is 29.1 Å². The molecule has 2 unspecified atom stereocenters. The number of halogens is 1. The minimum Gasteiger partial charge on any atom is -0.481 e. The summed E-state index contributed by atoms with van der Waals surface area (Å²) in [6, 6.07) is 7.28. The van der Waals surface area contributed by atoms with Crippen LogP contribution in [-0.4, -0.2) is 44.8 Å². The number of amides is 1. The Morgan fingerprint density at radius 1 is 1.36 bits per heavy atom. The Hall–Kier alpha value is -2.34. The quantitative estimate of drug-likeness (QED) is 0.911. The fourth-order valence-corrected chi connectivity index (χ4v) is 3.54. The van der Waals surface area contributed by atoms with Crippen molar-refractivity contribution >= 4 is 23.5 Å². The van der Waals surface area contributed by atoms with E-state index in [2.05, 4.69) is 5.10 Å². The van der Waals surface area contributed by atoms with Gasteiger partial charge in [-0.2, -0.15) is 5.10 Å². The van der Waals surface area contributed by atoms with Crippen LogP contribution in [0.5, 0.6) is 0 Å². The molecular formula is C18H20ClN3O3. The van der Waals surface area contributed by atoms with Crippen LogP contribution in [0.3, 0.4) is 0 Å². The van der Waals surface area contributed by atoms with Gasteiger partial charge in [-0.15, -0.1) is 0 Å². The molecule has 1 aliphatic heterocycles. The summed E-state index contributed by atoms with van der Waals surface area (Å²) in [5.41, 5.74) is 2.06. The molecule has 3 rings (SSSR count). The zero-order valence-corrected chi connectivity index (χ0v) is 14.9. The van der Waals surface area contributed by atoms with Crippen molar-refractivity contribution in [3.05, 3.63) is 46.7 Å². The van der Waals surface area contributed by atoms with E-state index in [4.69, 9.17) is 11.6 Å². The number of carbonyl (C=O) groups is 2. The predicted molar refractivity (Wildman–Crippen MR) is 94.1 cm³/mol. The van der Waals surface area contributed by atoms with Crippen LogP contribution < -0.4 is 0 Å². The molecule has 1 N–H and O–H groups in total. The lowest BCUT2D eigenvalue weighted by Crippen LogP contribution is -2.45. The lowest BCUT2D eigenvalue weighted by atomic mass is 9.87. The first-order chi connectivity index (χ1) is 11.9. The first-order valence-corrected chi connectivity index (χ1v) is 8.59. The molecule has 2 aromatic rings. The number of hydrogen-bond acceptors (Lipinski definition) is 3. The summed E-state index contributed by atoms with van der Waals surface area (Å²) in [7, 11) is 0. The Morgan fingerprint density at radius 2 is 2.12 bits per heavy atom. The topological polar surface area (TPSA) is 75.4 Å². The highest BCUT2D eigenvalue weighted by Gasteiger charge is 2.34. The molecule has 2 atom stereocenters. The maximum Gasteiger partial charge on any atom is 0.306 e. The van der Waals surface area contributed by atoms with E-state index in [0.29, 0.717) is 30.1 Å². The van der Waals surface area contributed by atoms with Crippen molar-refractivity contribution in [2.24, 2.45) is 11.8 Å². The minimum atomic E-state index is -0.787. The van der Waals surface area contributed by atoms with Crippen molar-refractivity contribution in [2.75, 3.05) is 13.1 Å². The Bertz CT molecular complexity index is 818. The summed E-state index contributed by atoms with van der Waals surface area (Å²) in [5.74, 6) is -1.36. The summed E-state index contributed by atoms with van der Waals surface area (Å²) in [6.07, 6.45) is 2.04. The van der Waals surface area contributed by atoms with Crippen LogP contribution in [0.15, 0.2) is 30.5 Å². The largest absolute Gasteiger partial charge is 0.481 e. The van der Waals surface area contributed by atoms with Crippen molar-refractivity contribution < 1.29 is 14.7 Å². The Balaban J connectivity index is 1.81. The maximum absolute atomic E-state index is 12.9. The maximum atomic E-state index is 12.9. The Labute approximate surface area is 151 Å². The van der Waals surface area contributed by atoms with Gasteiger partial charge < -0.3 is 10.0 Å². The van der Waals surface area contributed by atoms with E-state index in [-0.39, 0.29) is 17.7 Å². The highest BCUT2D eigenvalue weighted by atomic mass is 35.5. The number of aromatic nitrogens is 2. The first kappa shape index (κ1) is 17.5. The third kappa shape index (κ3) is 3.39. The van der Waals surface area contributed by atoms with Crippen molar-refractivity contribution in [3.63, 3.8) is 0 Å². The van der Waals surface area contributed by atoms with E-state index >= 15 is 0 Å². The molecule has 132 valence electrons. The van der Waals surface area contributed by atoms with Crippen LogP contribution in [0.25, 0.3) is 5.69 Å². The van der Waals surface area contributed by atoms with E-state index in [1.165, 1.54) is 0 Å². The van der Waals surface area contributed by atoms with Crippen molar-refractivity contribution in [3.8, 4) is 5.69 Å². The standard InChI is InChI=1S/C18H20ClN3O3/c1-11-10-21(7-6-15(11)18(24)25)17(23)16-9-20-22(12(16)2)14-5-3-4-13(19)8-14/h3-5,8-9,11,15H,6-7,10H2,1-2H3,(H,24,25). The van der Waals surface area contributed by atoms with Crippen LogP contribution in [0.2, 0.25) is 5.02 Å². The number of benzene rings is 1. The van der Waals surface area contributed by atoms with Crippen LogP contribution >= 0.6 is 11.6 Å². The van der Waals surface area contributed by atoms with Crippen molar-refractivity contribution in [1.82, 2.24) is 14.7 Å². The number of rotatable bonds is 3. The third-order valence-electron chi connectivity index (χ3n) is 4.80. The number of carboxylic acids is 1. The molecule has 1 aromatic carbocycles. The molecule has 0 spiro atoms. The smallest absolute Gasteiger partial charge is 0.306 e. The number of carboxylic acid groups (broad SMARTS) is 1. The van der Waals surface area contributed by atoms with E-state index in [1.807, 2.05) is 26.0 Å². The first-order valence-electron chi connectivity index (χ1n) is 8.21. The molecule has 1 amide bonds. The van der Waals surface area contributed by atoms with E-state index in [9.17, 15) is 14.7 Å². The molecule has 1 fully saturated rings. The second kappa shape index (κ2) is 6.88.